The van der Waals surface area contributed by atoms with E-state index in [1.165, 1.54) is 24.3 Å². The van der Waals surface area contributed by atoms with Gasteiger partial charge in [0.05, 0.1) is 22.6 Å². The van der Waals surface area contributed by atoms with Crippen molar-refractivity contribution >= 4 is 16.9 Å². The Hall–Kier alpha value is -3.18. The maximum Gasteiger partial charge on any atom is 0.269 e. The summed E-state index contributed by atoms with van der Waals surface area (Å²) in [5.74, 6) is -0.0684. The molecule has 2 unspecified atom stereocenters. The zero-order chi connectivity index (χ0) is 27.8. The molecule has 206 valence electrons. The van der Waals surface area contributed by atoms with Gasteiger partial charge in [-0.25, -0.2) is 0 Å². The van der Waals surface area contributed by atoms with Gasteiger partial charge in [-0.1, -0.05) is 51.3 Å². The number of hydrogen-bond donors (Lipinski definition) is 3. The number of ether oxygens (including phenoxy) is 1. The minimum atomic E-state index is -1.08. The molecule has 10 nitrogen and oxygen atoms in total. The molecule has 0 bridgehead atoms. The summed E-state index contributed by atoms with van der Waals surface area (Å²) in [5.41, 5.74) is 2.49. The average Bonchev–Trinajstić information content (AvgIpc) is 3.21. The molecule has 0 aromatic heterocycles. The fourth-order valence-corrected chi connectivity index (χ4v) is 5.10. The van der Waals surface area contributed by atoms with E-state index in [2.05, 4.69) is 6.58 Å². The predicted molar refractivity (Wildman–Crippen MR) is 143 cm³/mol. The summed E-state index contributed by atoms with van der Waals surface area (Å²) in [6.45, 7) is 5.90. The normalized spacial score (nSPS) is 22.6. The number of rotatable bonds is 14. The molecule has 38 heavy (non-hydrogen) atoms. The van der Waals surface area contributed by atoms with Gasteiger partial charge >= 0.3 is 0 Å². The van der Waals surface area contributed by atoms with Gasteiger partial charge in [-0.3, -0.25) is 20.2 Å². The first-order chi connectivity index (χ1) is 18.1. The third-order valence-electron chi connectivity index (χ3n) is 7.42. The summed E-state index contributed by atoms with van der Waals surface area (Å²) in [6, 6.07) is 12.7. The number of nitro benzene ring substituents is 2. The first-order valence-electron chi connectivity index (χ1n) is 12.9. The number of nitro groups is 2. The van der Waals surface area contributed by atoms with Crippen LogP contribution >= 0.6 is 0 Å². The van der Waals surface area contributed by atoms with Crippen LogP contribution in [-0.2, 0) is 4.74 Å². The number of aliphatic hydroxyl groups excluding tert-OH is 3. The highest BCUT2D eigenvalue weighted by Crippen LogP contribution is 2.37. The predicted octanol–water partition coefficient (Wildman–Crippen LogP) is 4.76. The van der Waals surface area contributed by atoms with Gasteiger partial charge in [-0.2, -0.15) is 0 Å². The van der Waals surface area contributed by atoms with Crippen molar-refractivity contribution < 1.29 is 29.9 Å². The number of hydrogen-bond acceptors (Lipinski definition) is 8. The topological polar surface area (TPSA) is 156 Å². The Bertz CT molecular complexity index is 1090. The quantitative estimate of drug-likeness (QED) is 0.180. The molecule has 0 saturated carbocycles. The first-order valence-corrected chi connectivity index (χ1v) is 12.9. The van der Waals surface area contributed by atoms with Gasteiger partial charge in [0.25, 0.3) is 11.4 Å². The van der Waals surface area contributed by atoms with Gasteiger partial charge in [0.2, 0.25) is 0 Å². The van der Waals surface area contributed by atoms with E-state index in [1.807, 2.05) is 6.92 Å². The van der Waals surface area contributed by atoms with Crippen molar-refractivity contribution in [1.82, 2.24) is 0 Å². The lowest BCUT2D eigenvalue weighted by atomic mass is 9.83. The summed E-state index contributed by atoms with van der Waals surface area (Å²) in [7, 11) is 0. The summed E-state index contributed by atoms with van der Waals surface area (Å²) in [5, 5.41) is 51.6. The van der Waals surface area contributed by atoms with E-state index >= 15 is 0 Å². The lowest BCUT2D eigenvalue weighted by Crippen LogP contribution is -2.35. The number of benzene rings is 2. The molecule has 1 saturated heterocycles. The molecule has 1 fully saturated rings. The second-order valence-corrected chi connectivity index (χ2v) is 10.0. The minimum Gasteiger partial charge on any atom is -0.394 e. The maximum absolute atomic E-state index is 11.1. The van der Waals surface area contributed by atoms with Gasteiger partial charge < -0.3 is 20.1 Å². The van der Waals surface area contributed by atoms with Crippen LogP contribution in [0, 0.1) is 26.1 Å². The zero-order valence-corrected chi connectivity index (χ0v) is 21.5. The second-order valence-electron chi connectivity index (χ2n) is 10.0. The molecule has 10 heteroatoms. The van der Waals surface area contributed by atoms with Gasteiger partial charge in [-0.05, 0) is 47.6 Å². The fourth-order valence-electron chi connectivity index (χ4n) is 5.10. The summed E-state index contributed by atoms with van der Waals surface area (Å²) in [4.78, 5) is 21.2. The summed E-state index contributed by atoms with van der Waals surface area (Å²) >= 11 is 0. The maximum atomic E-state index is 11.1. The van der Waals surface area contributed by atoms with E-state index in [9.17, 15) is 35.5 Å². The lowest BCUT2D eigenvalue weighted by molar-refractivity contribution is -0.385. The van der Waals surface area contributed by atoms with Gasteiger partial charge in [-0.15, -0.1) is 0 Å². The third-order valence-corrected chi connectivity index (χ3v) is 7.42. The SMILES string of the molecule is C=C(c1ccc([N+](=O)[O-])cc1)C(CCCCCCC(C)[C@@H]1O[C@H](CO)[C@@H](O)[C@@H]1O)c1ccc([N+](=O)[O-])cc1. The number of aliphatic hydroxyl groups is 3. The van der Waals surface area contributed by atoms with Crippen molar-refractivity contribution in [2.24, 2.45) is 5.92 Å². The van der Waals surface area contributed by atoms with Crippen molar-refractivity contribution in [2.75, 3.05) is 6.61 Å². The zero-order valence-electron chi connectivity index (χ0n) is 21.5. The standard InChI is InChI=1S/C28H36N2O8/c1-18(28-27(33)26(32)25(17-31)38-28)7-5-3-4-6-8-24(21-11-15-23(16-12-21)30(36)37)19(2)20-9-13-22(14-10-20)29(34)35/h9-16,18,24-28,31-33H,2-8,17H2,1H3/t18?,24?,25-,26-,27+,28+/m1/s1. The molecule has 2 aromatic rings. The largest absolute Gasteiger partial charge is 0.394 e. The number of nitrogens with zero attached hydrogens (tertiary/aromatic N) is 2. The monoisotopic (exact) mass is 528 g/mol. The van der Waals surface area contributed by atoms with Crippen molar-refractivity contribution in [1.29, 1.82) is 0 Å². The van der Waals surface area contributed by atoms with Crippen molar-refractivity contribution in [2.45, 2.75) is 75.8 Å². The Morgan fingerprint density at radius 1 is 0.895 bits per heavy atom. The van der Waals surface area contributed by atoms with Crippen LogP contribution in [-0.4, -0.2) is 56.2 Å². The highest BCUT2D eigenvalue weighted by Gasteiger charge is 2.44. The highest BCUT2D eigenvalue weighted by molar-refractivity contribution is 5.70. The Morgan fingerprint density at radius 2 is 1.42 bits per heavy atom. The van der Waals surface area contributed by atoms with Crippen LogP contribution in [0.2, 0.25) is 0 Å². The van der Waals surface area contributed by atoms with Crippen LogP contribution in [0.5, 0.6) is 0 Å². The Kier molecular flexibility index (Phi) is 10.5. The molecule has 6 atom stereocenters. The molecule has 0 radical (unpaired) electrons. The molecule has 3 N–H and O–H groups in total. The third kappa shape index (κ3) is 7.22. The molecule has 2 aromatic carbocycles. The summed E-state index contributed by atoms with van der Waals surface area (Å²) in [6.07, 6.45) is 1.94. The molecule has 3 rings (SSSR count). The molecule has 1 heterocycles. The van der Waals surface area contributed by atoms with Crippen LogP contribution in [0.25, 0.3) is 5.57 Å². The molecule has 0 spiro atoms. The van der Waals surface area contributed by atoms with E-state index in [0.717, 1.165) is 55.2 Å². The Balaban J connectivity index is 1.57. The highest BCUT2D eigenvalue weighted by atomic mass is 16.6. The van der Waals surface area contributed by atoms with E-state index in [4.69, 9.17) is 4.74 Å². The Morgan fingerprint density at radius 3 is 1.92 bits per heavy atom. The summed E-state index contributed by atoms with van der Waals surface area (Å²) < 4.78 is 5.63. The van der Waals surface area contributed by atoms with E-state index in [-0.39, 0.29) is 29.8 Å². The smallest absolute Gasteiger partial charge is 0.269 e. The molecule has 1 aliphatic rings. The average molecular weight is 529 g/mol. The van der Waals surface area contributed by atoms with E-state index in [1.54, 1.807) is 24.3 Å². The minimum absolute atomic E-state index is 0.000391. The van der Waals surface area contributed by atoms with Crippen LogP contribution in [0.15, 0.2) is 55.1 Å². The lowest BCUT2D eigenvalue weighted by Gasteiger charge is -2.22. The fraction of sp³-hybridized carbons (Fsp3) is 0.500. The molecule has 1 aliphatic heterocycles. The first kappa shape index (κ1) is 29.4. The van der Waals surface area contributed by atoms with Gasteiger partial charge in [0.15, 0.2) is 0 Å². The van der Waals surface area contributed by atoms with Crippen LogP contribution in [0.4, 0.5) is 11.4 Å². The van der Waals surface area contributed by atoms with E-state index in [0.29, 0.717) is 0 Å². The van der Waals surface area contributed by atoms with Crippen molar-refractivity contribution in [3.8, 4) is 0 Å². The van der Waals surface area contributed by atoms with Crippen molar-refractivity contribution in [3.63, 3.8) is 0 Å². The van der Waals surface area contributed by atoms with Crippen molar-refractivity contribution in [3.05, 3.63) is 86.5 Å². The molecule has 0 amide bonds. The Labute approximate surface area is 221 Å². The van der Waals surface area contributed by atoms with Crippen LogP contribution < -0.4 is 0 Å². The van der Waals surface area contributed by atoms with Crippen LogP contribution in [0.3, 0.4) is 0 Å². The number of non-ortho nitro benzene ring substituents is 2. The second kappa shape index (κ2) is 13.6. The van der Waals surface area contributed by atoms with Gasteiger partial charge in [0, 0.05) is 30.2 Å². The molecule has 0 aliphatic carbocycles. The molecular weight excluding hydrogens is 492 g/mol. The number of allylic oxidation sites excluding steroid dienone is 1. The van der Waals surface area contributed by atoms with Crippen LogP contribution in [0.1, 0.15) is 62.5 Å². The van der Waals surface area contributed by atoms with Gasteiger partial charge in [0.1, 0.15) is 18.3 Å². The molecular formula is C28H36N2O8. The number of unbranched alkanes of at least 4 members (excludes halogenated alkanes) is 3. The van der Waals surface area contributed by atoms with E-state index < -0.39 is 34.3 Å².